The monoisotopic (exact) mass is 763 g/mol. The molecule has 2 atom stereocenters. The number of nitrogens with one attached hydrogen (secondary N) is 3. The van der Waals surface area contributed by atoms with Crippen molar-refractivity contribution in [2.24, 2.45) is 0 Å². The Labute approximate surface area is 298 Å². The van der Waals surface area contributed by atoms with Crippen molar-refractivity contribution in [1.29, 1.82) is 0 Å². The molecule has 5 rings (SSSR count). The van der Waals surface area contributed by atoms with Crippen molar-refractivity contribution < 1.29 is 67.7 Å². The first-order valence-electron chi connectivity index (χ1n) is 15.2. The number of carboxylic acid groups (broad SMARTS) is 1. The van der Waals surface area contributed by atoms with Crippen molar-refractivity contribution >= 4 is 61.5 Å². The van der Waals surface area contributed by atoms with Gasteiger partial charge in [0.05, 0.1) is 21.8 Å². The largest absolute Gasteiger partial charge is 0.547 e. The van der Waals surface area contributed by atoms with E-state index in [1.807, 2.05) is 0 Å². The first-order valence-corrected chi connectivity index (χ1v) is 17.2. The standard InChI is InChI=1S/C30H29BClFN5O13P/c32-22-17(6-8-19(39)24(22)40)26(41)34-9-10-37-11-12-38(30(37)46)29(45)36-23(14-1-4-16(5-2-14)52(48,49)50)27(42)35-20-13-15-3-7-18(33)21(28(43)44)25(15)51-31(20)47/h1-8,20,23,39-40,47H,9-13H2,(H,34,41)(H,35,42)(H,36,45)(H,43,44)(H2,48,49,50)/t20-,23?/m0/s1. The number of hydrogen-bond acceptors (Lipinski definition) is 10. The van der Waals surface area contributed by atoms with Crippen LogP contribution < -0.4 is 25.9 Å². The van der Waals surface area contributed by atoms with Crippen LogP contribution in [0.1, 0.15) is 37.9 Å². The van der Waals surface area contributed by atoms with Gasteiger partial charge in [-0.2, -0.15) is 0 Å². The molecule has 9 N–H and O–H groups in total. The van der Waals surface area contributed by atoms with Crippen LogP contribution in [0, 0.1) is 5.82 Å². The molecule has 0 bridgehead atoms. The van der Waals surface area contributed by atoms with Crippen molar-refractivity contribution in [2.75, 3.05) is 26.2 Å². The van der Waals surface area contributed by atoms with Crippen LogP contribution in [0.2, 0.25) is 5.02 Å². The van der Waals surface area contributed by atoms with Crippen molar-refractivity contribution in [3.05, 3.63) is 81.6 Å². The smallest absolute Gasteiger partial charge is 0.534 e. The summed E-state index contributed by atoms with van der Waals surface area (Å²) in [5, 5.41) is 45.9. The average molecular weight is 764 g/mol. The summed E-state index contributed by atoms with van der Waals surface area (Å²) in [6, 6.07) is 5.26. The van der Waals surface area contributed by atoms with Gasteiger partial charge in [-0.25, -0.2) is 23.7 Å². The molecule has 22 heteroatoms. The second-order valence-corrected chi connectivity index (χ2v) is 13.5. The molecule has 3 aromatic rings. The fraction of sp³-hybridized carbons (Fsp3) is 0.233. The van der Waals surface area contributed by atoms with Gasteiger partial charge in [0.15, 0.2) is 11.5 Å². The van der Waals surface area contributed by atoms with Crippen LogP contribution in [0.4, 0.5) is 14.0 Å². The van der Waals surface area contributed by atoms with E-state index in [9.17, 15) is 63.1 Å². The number of nitrogens with zero attached hydrogens (tertiary/aromatic N) is 2. The summed E-state index contributed by atoms with van der Waals surface area (Å²) in [6.07, 6.45) is -0.225. The number of amides is 6. The Bertz CT molecular complexity index is 2000. The Morgan fingerprint density at radius 1 is 1.06 bits per heavy atom. The Hall–Kier alpha value is -5.40. The number of carbonyl (C=O) groups is 5. The molecular formula is C30H29BClFN5O13P. The number of urea groups is 2. The number of benzene rings is 3. The first kappa shape index (κ1) is 37.9. The molecular weight excluding hydrogens is 735 g/mol. The lowest BCUT2D eigenvalue weighted by atomic mass is 9.72. The SMILES string of the molecule is O=C(NCCN1CCN(C(=O)NC(C(=O)N[C@H]2Cc3ccc(F)c(C(=O)O)c3OB2O)c2ccc(P(=O)(O)O)cc2)C1=O)c1ccc(O)c(O)c1Cl. The molecule has 0 aliphatic carbocycles. The van der Waals surface area contributed by atoms with Gasteiger partial charge in [0, 0.05) is 26.2 Å². The topological polar surface area (TPSA) is 276 Å². The Balaban J connectivity index is 1.28. The summed E-state index contributed by atoms with van der Waals surface area (Å²) >= 11 is 5.91. The number of fused-ring (bicyclic) bond motifs is 1. The van der Waals surface area contributed by atoms with E-state index in [-0.39, 0.29) is 54.3 Å². The number of hydrogen-bond donors (Lipinski definition) is 9. The molecule has 274 valence electrons. The van der Waals surface area contributed by atoms with E-state index in [1.54, 1.807) is 0 Å². The molecule has 2 heterocycles. The zero-order valence-electron chi connectivity index (χ0n) is 26.5. The summed E-state index contributed by atoms with van der Waals surface area (Å²) in [7, 11) is -6.56. The number of rotatable bonds is 10. The van der Waals surface area contributed by atoms with E-state index < -0.39 is 90.5 Å². The summed E-state index contributed by atoms with van der Waals surface area (Å²) < 4.78 is 31.2. The van der Waals surface area contributed by atoms with Crippen molar-refractivity contribution in [3.8, 4) is 17.2 Å². The van der Waals surface area contributed by atoms with Gasteiger partial charge >= 0.3 is 32.7 Å². The summed E-state index contributed by atoms with van der Waals surface area (Å²) in [6.45, 7) is -0.292. The Morgan fingerprint density at radius 2 is 1.75 bits per heavy atom. The van der Waals surface area contributed by atoms with Crippen LogP contribution in [0.25, 0.3) is 0 Å². The molecule has 0 radical (unpaired) electrons. The van der Waals surface area contributed by atoms with Gasteiger partial charge in [-0.3, -0.25) is 14.2 Å². The van der Waals surface area contributed by atoms with Gasteiger partial charge in [0.25, 0.3) is 5.91 Å². The molecule has 0 aromatic heterocycles. The lowest BCUT2D eigenvalue weighted by molar-refractivity contribution is -0.123. The summed E-state index contributed by atoms with van der Waals surface area (Å²) in [5.74, 6) is -7.33. The van der Waals surface area contributed by atoms with E-state index in [1.165, 1.54) is 17.0 Å². The van der Waals surface area contributed by atoms with Crippen LogP contribution >= 0.6 is 19.2 Å². The van der Waals surface area contributed by atoms with Gasteiger partial charge in [-0.15, -0.1) is 0 Å². The highest BCUT2D eigenvalue weighted by Crippen LogP contribution is 2.36. The van der Waals surface area contributed by atoms with E-state index in [4.69, 9.17) is 16.3 Å². The molecule has 18 nitrogen and oxygen atoms in total. The predicted molar refractivity (Wildman–Crippen MR) is 178 cm³/mol. The highest BCUT2D eigenvalue weighted by Gasteiger charge is 2.41. The number of carbonyl (C=O) groups excluding carboxylic acids is 4. The number of carboxylic acids is 1. The van der Waals surface area contributed by atoms with Crippen molar-refractivity contribution in [3.63, 3.8) is 0 Å². The average Bonchev–Trinajstić information content (AvgIpc) is 3.45. The quantitative estimate of drug-likeness (QED) is 0.0772. The Kier molecular flexibility index (Phi) is 11.0. The molecule has 0 saturated carbocycles. The molecule has 3 aromatic carbocycles. The first-order chi connectivity index (χ1) is 24.5. The number of imide groups is 1. The van der Waals surface area contributed by atoms with Crippen LogP contribution in [0.15, 0.2) is 48.5 Å². The van der Waals surface area contributed by atoms with E-state index in [0.717, 1.165) is 41.3 Å². The maximum atomic E-state index is 14.2. The minimum atomic E-state index is -4.69. The second-order valence-electron chi connectivity index (χ2n) is 11.5. The van der Waals surface area contributed by atoms with Crippen LogP contribution in [0.3, 0.4) is 0 Å². The third-order valence-corrected chi connectivity index (χ3v) is 9.55. The third-order valence-electron chi connectivity index (χ3n) is 8.19. The van der Waals surface area contributed by atoms with Crippen LogP contribution in [0.5, 0.6) is 17.2 Å². The molecule has 52 heavy (non-hydrogen) atoms. The number of aromatic hydroxyl groups is 2. The minimum Gasteiger partial charge on any atom is -0.534 e. The van der Waals surface area contributed by atoms with Gasteiger partial charge in [0.1, 0.15) is 23.2 Å². The van der Waals surface area contributed by atoms with Crippen LogP contribution in [-0.2, 0) is 15.8 Å². The lowest BCUT2D eigenvalue weighted by Gasteiger charge is -2.30. The fourth-order valence-electron chi connectivity index (χ4n) is 5.50. The van der Waals surface area contributed by atoms with Gasteiger partial charge in [-0.05, 0) is 47.9 Å². The molecule has 1 unspecified atom stereocenters. The van der Waals surface area contributed by atoms with E-state index in [2.05, 4.69) is 16.0 Å². The number of phenols is 2. The maximum absolute atomic E-state index is 14.2. The van der Waals surface area contributed by atoms with Gasteiger partial charge in [-0.1, -0.05) is 29.8 Å². The zero-order chi connectivity index (χ0) is 38.1. The van der Waals surface area contributed by atoms with E-state index >= 15 is 0 Å². The second kappa shape index (κ2) is 15.1. The maximum Gasteiger partial charge on any atom is 0.547 e. The van der Waals surface area contributed by atoms with Crippen LogP contribution in [-0.4, -0.2) is 109 Å². The van der Waals surface area contributed by atoms with Gasteiger partial charge in [0.2, 0.25) is 5.91 Å². The third kappa shape index (κ3) is 7.90. The molecule has 1 saturated heterocycles. The molecule has 0 spiro atoms. The minimum absolute atomic E-state index is 0.00930. The Morgan fingerprint density at radius 3 is 2.40 bits per heavy atom. The fourth-order valence-corrected chi connectivity index (χ4v) is 6.28. The van der Waals surface area contributed by atoms with Crippen molar-refractivity contribution in [1.82, 2.24) is 25.8 Å². The molecule has 2 aliphatic rings. The predicted octanol–water partition coefficient (Wildman–Crippen LogP) is 0.449. The molecule has 1 fully saturated rings. The van der Waals surface area contributed by atoms with Crippen molar-refractivity contribution in [2.45, 2.75) is 18.4 Å². The van der Waals surface area contributed by atoms with Gasteiger partial charge < -0.3 is 55.6 Å². The lowest BCUT2D eigenvalue weighted by Crippen LogP contribution is -2.56. The number of aromatic carboxylic acids is 1. The molecule has 2 aliphatic heterocycles. The normalized spacial score (nSPS) is 16.1. The summed E-state index contributed by atoms with van der Waals surface area (Å²) in [4.78, 5) is 85.3. The number of halogens is 2. The highest BCUT2D eigenvalue weighted by molar-refractivity contribution is 7.60. The number of phenolic OH excluding ortho intramolecular Hbond substituents is 2. The zero-order valence-corrected chi connectivity index (χ0v) is 28.2. The van der Waals surface area contributed by atoms with E-state index in [0.29, 0.717) is 0 Å². The summed E-state index contributed by atoms with van der Waals surface area (Å²) in [5.41, 5.74) is -0.802. The molecule has 6 amide bonds. The highest BCUT2D eigenvalue weighted by atomic mass is 35.5.